The number of anilines is 1. The Morgan fingerprint density at radius 3 is 3.05 bits per heavy atom. The molecule has 0 spiro atoms. The van der Waals surface area contributed by atoms with Gasteiger partial charge in [0.15, 0.2) is 0 Å². The van der Waals surface area contributed by atoms with Gasteiger partial charge >= 0.3 is 6.01 Å². The van der Waals surface area contributed by atoms with Crippen molar-refractivity contribution in [1.82, 2.24) is 15.5 Å². The molecule has 7 heteroatoms. The van der Waals surface area contributed by atoms with Gasteiger partial charge in [0, 0.05) is 20.3 Å². The number of nitrogens with zero attached hydrogens (tertiary/aromatic N) is 2. The molecular weight excluding hydrogens is 248 g/mol. The number of aromatic nitrogens is 2. The number of rotatable bonds is 7. The summed E-state index contributed by atoms with van der Waals surface area (Å²) in [4.78, 5) is 0. The SMILES string of the molecule is COCCNCc1nnc(NC2(C)CCCOC2)o1. The van der Waals surface area contributed by atoms with Crippen LogP contribution in [0.4, 0.5) is 6.01 Å². The molecule has 0 saturated carbocycles. The van der Waals surface area contributed by atoms with Gasteiger partial charge in [-0.15, -0.1) is 5.10 Å². The van der Waals surface area contributed by atoms with Crippen molar-refractivity contribution in [3.8, 4) is 0 Å². The average molecular weight is 270 g/mol. The molecule has 1 aliphatic heterocycles. The fraction of sp³-hybridized carbons (Fsp3) is 0.833. The number of methoxy groups -OCH3 is 1. The molecule has 1 fully saturated rings. The molecule has 2 heterocycles. The molecule has 1 saturated heterocycles. The maximum atomic E-state index is 5.54. The van der Waals surface area contributed by atoms with E-state index in [0.29, 0.717) is 31.7 Å². The van der Waals surface area contributed by atoms with Crippen LogP contribution in [-0.4, -0.2) is 49.2 Å². The highest BCUT2D eigenvalue weighted by Gasteiger charge is 2.29. The molecule has 1 atom stereocenters. The molecule has 0 aliphatic carbocycles. The third-order valence-corrected chi connectivity index (χ3v) is 3.07. The highest BCUT2D eigenvalue weighted by atomic mass is 16.5. The van der Waals surface area contributed by atoms with Crippen LogP contribution in [0, 0.1) is 0 Å². The average Bonchev–Trinajstić information content (AvgIpc) is 2.82. The Bertz CT molecular complexity index is 377. The van der Waals surface area contributed by atoms with E-state index in [4.69, 9.17) is 13.9 Å². The quantitative estimate of drug-likeness (QED) is 0.709. The number of nitrogens with one attached hydrogen (secondary N) is 2. The molecule has 1 aliphatic rings. The Hall–Kier alpha value is -1.18. The van der Waals surface area contributed by atoms with Crippen LogP contribution in [0.3, 0.4) is 0 Å². The van der Waals surface area contributed by atoms with E-state index in [-0.39, 0.29) is 5.54 Å². The van der Waals surface area contributed by atoms with Gasteiger partial charge in [0.05, 0.1) is 25.3 Å². The van der Waals surface area contributed by atoms with Crippen LogP contribution >= 0.6 is 0 Å². The van der Waals surface area contributed by atoms with Crippen LogP contribution in [0.2, 0.25) is 0 Å². The van der Waals surface area contributed by atoms with Crippen LogP contribution in [0.5, 0.6) is 0 Å². The lowest BCUT2D eigenvalue weighted by atomic mass is 9.95. The maximum Gasteiger partial charge on any atom is 0.316 e. The standard InChI is InChI=1S/C12H22N4O3/c1-12(4-3-6-18-9-12)14-11-16-15-10(19-11)8-13-5-7-17-2/h13H,3-9H2,1-2H3,(H,14,16). The monoisotopic (exact) mass is 270 g/mol. The van der Waals surface area contributed by atoms with Crippen molar-refractivity contribution >= 4 is 6.01 Å². The Balaban J connectivity index is 1.79. The summed E-state index contributed by atoms with van der Waals surface area (Å²) in [5.41, 5.74) is -0.120. The number of hydrogen-bond donors (Lipinski definition) is 2. The maximum absolute atomic E-state index is 5.54. The van der Waals surface area contributed by atoms with E-state index in [1.54, 1.807) is 7.11 Å². The minimum absolute atomic E-state index is 0.120. The highest BCUT2D eigenvalue weighted by Crippen LogP contribution is 2.23. The van der Waals surface area contributed by atoms with Crippen molar-refractivity contribution < 1.29 is 13.9 Å². The van der Waals surface area contributed by atoms with Crippen molar-refractivity contribution in [2.24, 2.45) is 0 Å². The second-order valence-corrected chi connectivity index (χ2v) is 5.01. The summed E-state index contributed by atoms with van der Waals surface area (Å²) >= 11 is 0. The van der Waals surface area contributed by atoms with E-state index in [0.717, 1.165) is 26.0 Å². The third-order valence-electron chi connectivity index (χ3n) is 3.07. The van der Waals surface area contributed by atoms with E-state index < -0.39 is 0 Å². The molecule has 0 amide bonds. The van der Waals surface area contributed by atoms with Gasteiger partial charge in [0.25, 0.3) is 0 Å². The van der Waals surface area contributed by atoms with Gasteiger partial charge in [0.1, 0.15) is 0 Å². The summed E-state index contributed by atoms with van der Waals surface area (Å²) in [7, 11) is 1.67. The van der Waals surface area contributed by atoms with Crippen molar-refractivity contribution in [2.45, 2.75) is 31.8 Å². The molecule has 1 aromatic rings. The Labute approximate surface area is 113 Å². The summed E-state index contributed by atoms with van der Waals surface area (Å²) in [5, 5.41) is 14.4. The Morgan fingerprint density at radius 2 is 2.32 bits per heavy atom. The summed E-state index contributed by atoms with van der Waals surface area (Å²) in [6.07, 6.45) is 2.08. The second-order valence-electron chi connectivity index (χ2n) is 5.01. The summed E-state index contributed by atoms with van der Waals surface area (Å²) in [6.45, 7) is 5.56. The molecule has 7 nitrogen and oxygen atoms in total. The van der Waals surface area contributed by atoms with Crippen LogP contribution in [-0.2, 0) is 16.0 Å². The third kappa shape index (κ3) is 4.45. The lowest BCUT2D eigenvalue weighted by Crippen LogP contribution is -2.43. The van der Waals surface area contributed by atoms with Gasteiger partial charge in [-0.3, -0.25) is 0 Å². The van der Waals surface area contributed by atoms with E-state index in [1.807, 2.05) is 0 Å². The van der Waals surface area contributed by atoms with Gasteiger partial charge in [-0.1, -0.05) is 5.10 Å². The first-order chi connectivity index (χ1) is 9.22. The second kappa shape index (κ2) is 6.83. The lowest BCUT2D eigenvalue weighted by molar-refractivity contribution is 0.0530. The molecular formula is C12H22N4O3. The van der Waals surface area contributed by atoms with Crippen molar-refractivity contribution in [3.63, 3.8) is 0 Å². The first-order valence-corrected chi connectivity index (χ1v) is 6.60. The van der Waals surface area contributed by atoms with Crippen molar-refractivity contribution in [3.05, 3.63) is 5.89 Å². The first-order valence-electron chi connectivity index (χ1n) is 6.60. The van der Waals surface area contributed by atoms with Crippen molar-refractivity contribution in [1.29, 1.82) is 0 Å². The molecule has 0 bridgehead atoms. The molecule has 2 rings (SSSR count). The molecule has 1 aromatic heterocycles. The van der Waals surface area contributed by atoms with Gasteiger partial charge in [-0.2, -0.15) is 0 Å². The van der Waals surface area contributed by atoms with E-state index in [1.165, 1.54) is 0 Å². The van der Waals surface area contributed by atoms with E-state index >= 15 is 0 Å². The largest absolute Gasteiger partial charge is 0.407 e. The van der Waals surface area contributed by atoms with Gasteiger partial charge in [-0.25, -0.2) is 0 Å². The molecule has 19 heavy (non-hydrogen) atoms. The zero-order valence-corrected chi connectivity index (χ0v) is 11.6. The molecule has 0 radical (unpaired) electrons. The summed E-state index contributed by atoms with van der Waals surface area (Å²) in [6, 6.07) is 0.455. The van der Waals surface area contributed by atoms with Crippen LogP contribution in [0.15, 0.2) is 4.42 Å². The van der Waals surface area contributed by atoms with Crippen LogP contribution in [0.1, 0.15) is 25.7 Å². The number of ether oxygens (including phenoxy) is 2. The van der Waals surface area contributed by atoms with E-state index in [9.17, 15) is 0 Å². The van der Waals surface area contributed by atoms with Crippen molar-refractivity contribution in [2.75, 3.05) is 38.8 Å². The normalized spacial score (nSPS) is 23.5. The molecule has 0 aromatic carbocycles. The zero-order valence-electron chi connectivity index (χ0n) is 11.6. The summed E-state index contributed by atoms with van der Waals surface area (Å²) in [5.74, 6) is 0.568. The minimum atomic E-state index is -0.120. The topological polar surface area (TPSA) is 81.4 Å². The fourth-order valence-electron chi connectivity index (χ4n) is 2.04. The minimum Gasteiger partial charge on any atom is -0.407 e. The molecule has 2 N–H and O–H groups in total. The lowest BCUT2D eigenvalue weighted by Gasteiger charge is -2.33. The predicted octanol–water partition coefficient (Wildman–Crippen LogP) is 0.787. The van der Waals surface area contributed by atoms with Crippen LogP contribution < -0.4 is 10.6 Å². The molecule has 1 unspecified atom stereocenters. The molecule has 108 valence electrons. The number of hydrogen-bond acceptors (Lipinski definition) is 7. The van der Waals surface area contributed by atoms with Gasteiger partial charge in [0.2, 0.25) is 5.89 Å². The van der Waals surface area contributed by atoms with Gasteiger partial charge < -0.3 is 24.5 Å². The Kier molecular flexibility index (Phi) is 5.12. The predicted molar refractivity (Wildman–Crippen MR) is 70.0 cm³/mol. The first kappa shape index (κ1) is 14.2. The smallest absolute Gasteiger partial charge is 0.316 e. The van der Waals surface area contributed by atoms with E-state index in [2.05, 4.69) is 27.8 Å². The fourth-order valence-corrected chi connectivity index (χ4v) is 2.04. The van der Waals surface area contributed by atoms with Gasteiger partial charge in [-0.05, 0) is 19.8 Å². The Morgan fingerprint density at radius 1 is 1.42 bits per heavy atom. The summed E-state index contributed by atoms with van der Waals surface area (Å²) < 4.78 is 16.0. The zero-order chi connectivity index (χ0) is 13.6. The highest BCUT2D eigenvalue weighted by molar-refractivity contribution is 5.24. The van der Waals surface area contributed by atoms with Crippen LogP contribution in [0.25, 0.3) is 0 Å².